The quantitative estimate of drug-likeness (QED) is 0.567. The second-order valence-electron chi connectivity index (χ2n) is 5.22. The highest BCUT2D eigenvalue weighted by atomic mass is 16.5. The predicted molar refractivity (Wildman–Crippen MR) is 91.7 cm³/mol. The van der Waals surface area contributed by atoms with Gasteiger partial charge in [-0.15, -0.1) is 0 Å². The van der Waals surface area contributed by atoms with E-state index in [1.165, 1.54) is 6.39 Å². The summed E-state index contributed by atoms with van der Waals surface area (Å²) in [6, 6.07) is 15.5. The average molecular weight is 336 g/mol. The predicted octanol–water partition coefficient (Wildman–Crippen LogP) is 3.71. The number of aromatic nitrogens is 1. The van der Waals surface area contributed by atoms with Crippen LogP contribution in [-0.2, 0) is 6.42 Å². The van der Waals surface area contributed by atoms with Crippen LogP contribution in [0.3, 0.4) is 0 Å². The van der Waals surface area contributed by atoms with Gasteiger partial charge in [0.25, 0.3) is 5.91 Å². The van der Waals surface area contributed by atoms with Gasteiger partial charge in [-0.1, -0.05) is 31.2 Å². The van der Waals surface area contributed by atoms with Crippen molar-refractivity contribution >= 4 is 17.6 Å². The molecule has 3 aromatic rings. The van der Waals surface area contributed by atoms with E-state index < -0.39 is 5.97 Å². The van der Waals surface area contributed by atoms with Crippen molar-refractivity contribution in [1.82, 2.24) is 4.98 Å². The van der Waals surface area contributed by atoms with Crippen molar-refractivity contribution < 1.29 is 18.7 Å². The molecule has 0 unspecified atom stereocenters. The number of rotatable bonds is 5. The van der Waals surface area contributed by atoms with Crippen molar-refractivity contribution in [3.8, 4) is 5.75 Å². The first-order valence-corrected chi connectivity index (χ1v) is 7.78. The molecule has 0 atom stereocenters. The van der Waals surface area contributed by atoms with Crippen molar-refractivity contribution in [2.24, 2.45) is 0 Å². The van der Waals surface area contributed by atoms with Gasteiger partial charge in [-0.2, -0.15) is 0 Å². The Hall–Kier alpha value is -3.41. The third-order valence-corrected chi connectivity index (χ3v) is 3.49. The van der Waals surface area contributed by atoms with Gasteiger partial charge in [0, 0.05) is 23.7 Å². The molecule has 0 aliphatic heterocycles. The van der Waals surface area contributed by atoms with Gasteiger partial charge >= 0.3 is 5.97 Å². The van der Waals surface area contributed by atoms with Crippen molar-refractivity contribution in [3.63, 3.8) is 0 Å². The largest absolute Gasteiger partial charge is 0.448 e. The molecule has 0 radical (unpaired) electrons. The number of nitrogens with zero attached hydrogens (tertiary/aromatic N) is 1. The Morgan fingerprint density at radius 3 is 2.68 bits per heavy atom. The second kappa shape index (κ2) is 7.44. The lowest BCUT2D eigenvalue weighted by atomic mass is 10.2. The number of anilines is 1. The van der Waals surface area contributed by atoms with Crippen LogP contribution in [0.2, 0.25) is 0 Å². The molecular formula is C19H16N2O4. The zero-order valence-corrected chi connectivity index (χ0v) is 13.6. The van der Waals surface area contributed by atoms with Crippen LogP contribution in [0.1, 0.15) is 33.5 Å². The lowest BCUT2D eigenvalue weighted by molar-refractivity contribution is 0.0727. The number of hydrogen-bond acceptors (Lipinski definition) is 5. The molecule has 0 aliphatic rings. The Labute approximate surface area is 144 Å². The van der Waals surface area contributed by atoms with Gasteiger partial charge in [0.2, 0.25) is 0 Å². The Bertz CT molecular complexity index is 887. The third kappa shape index (κ3) is 3.92. The summed E-state index contributed by atoms with van der Waals surface area (Å²) in [6.45, 7) is 1.86. The topological polar surface area (TPSA) is 81.4 Å². The molecule has 126 valence electrons. The molecule has 0 bridgehead atoms. The zero-order valence-electron chi connectivity index (χ0n) is 13.6. The molecule has 6 heteroatoms. The van der Waals surface area contributed by atoms with Crippen molar-refractivity contribution in [1.29, 1.82) is 0 Å². The van der Waals surface area contributed by atoms with E-state index in [-0.39, 0.29) is 11.6 Å². The van der Waals surface area contributed by atoms with Crippen LogP contribution in [0.5, 0.6) is 5.75 Å². The van der Waals surface area contributed by atoms with Crippen molar-refractivity contribution in [2.75, 3.05) is 5.32 Å². The van der Waals surface area contributed by atoms with Gasteiger partial charge in [0.15, 0.2) is 12.1 Å². The highest BCUT2D eigenvalue weighted by Gasteiger charge is 2.18. The number of aryl methyl sites for hydroxylation is 1. The Morgan fingerprint density at radius 2 is 1.92 bits per heavy atom. The van der Waals surface area contributed by atoms with Gasteiger partial charge in [0.1, 0.15) is 11.5 Å². The number of ether oxygens (including phenoxy) is 1. The van der Waals surface area contributed by atoms with Crippen LogP contribution in [0.25, 0.3) is 0 Å². The minimum absolute atomic E-state index is 0.154. The van der Waals surface area contributed by atoms with Crippen LogP contribution >= 0.6 is 0 Å². The molecule has 0 aliphatic carbocycles. The second-order valence-corrected chi connectivity index (χ2v) is 5.22. The minimum Gasteiger partial charge on any atom is -0.448 e. The SMILES string of the molecule is CCc1ocnc1C(=O)Oc1cccc(NC(=O)c2ccccc2)c1. The highest BCUT2D eigenvalue weighted by molar-refractivity contribution is 6.04. The molecule has 1 heterocycles. The number of nitrogens with one attached hydrogen (secondary N) is 1. The molecule has 0 saturated heterocycles. The van der Waals surface area contributed by atoms with E-state index in [0.717, 1.165) is 0 Å². The normalized spacial score (nSPS) is 10.3. The van der Waals surface area contributed by atoms with E-state index in [2.05, 4.69) is 10.3 Å². The molecule has 6 nitrogen and oxygen atoms in total. The van der Waals surface area contributed by atoms with Crippen molar-refractivity contribution in [2.45, 2.75) is 13.3 Å². The molecule has 0 saturated carbocycles. The maximum absolute atomic E-state index is 12.2. The fraction of sp³-hybridized carbons (Fsp3) is 0.105. The summed E-state index contributed by atoms with van der Waals surface area (Å²) in [6.07, 6.45) is 1.75. The molecule has 0 spiro atoms. The first-order valence-electron chi connectivity index (χ1n) is 7.78. The van der Waals surface area contributed by atoms with Gasteiger partial charge in [0.05, 0.1) is 0 Å². The molecule has 25 heavy (non-hydrogen) atoms. The van der Waals surface area contributed by atoms with Gasteiger partial charge in [-0.05, 0) is 24.3 Å². The molecule has 0 fully saturated rings. The summed E-state index contributed by atoms with van der Waals surface area (Å²) in [5, 5.41) is 2.76. The highest BCUT2D eigenvalue weighted by Crippen LogP contribution is 2.20. The summed E-state index contributed by atoms with van der Waals surface area (Å²) >= 11 is 0. The molecular weight excluding hydrogens is 320 g/mol. The summed E-state index contributed by atoms with van der Waals surface area (Å²) in [4.78, 5) is 28.2. The van der Waals surface area contributed by atoms with Crippen molar-refractivity contribution in [3.05, 3.63) is 78.0 Å². The minimum atomic E-state index is -0.600. The lowest BCUT2D eigenvalue weighted by Crippen LogP contribution is -2.13. The fourth-order valence-corrected chi connectivity index (χ4v) is 2.27. The maximum Gasteiger partial charge on any atom is 0.366 e. The maximum atomic E-state index is 12.2. The fourth-order valence-electron chi connectivity index (χ4n) is 2.27. The van der Waals surface area contributed by atoms with Crippen LogP contribution in [-0.4, -0.2) is 16.9 Å². The van der Waals surface area contributed by atoms with E-state index >= 15 is 0 Å². The first kappa shape index (κ1) is 16.4. The van der Waals surface area contributed by atoms with E-state index in [1.807, 2.05) is 13.0 Å². The molecule has 1 N–H and O–H groups in total. The standard InChI is InChI=1S/C19H16N2O4/c1-2-16-17(20-12-24-16)19(23)25-15-10-6-9-14(11-15)21-18(22)13-7-4-3-5-8-13/h3-12H,2H2,1H3,(H,21,22). The molecule has 1 amide bonds. The van der Waals surface area contributed by atoms with Crippen LogP contribution in [0.4, 0.5) is 5.69 Å². The number of amides is 1. The number of oxazole rings is 1. The molecule has 1 aromatic heterocycles. The van der Waals surface area contributed by atoms with Crippen LogP contribution in [0, 0.1) is 0 Å². The number of hydrogen-bond donors (Lipinski definition) is 1. The third-order valence-electron chi connectivity index (χ3n) is 3.49. The number of benzene rings is 2. The van der Waals surface area contributed by atoms with Gasteiger partial charge in [-0.3, -0.25) is 4.79 Å². The van der Waals surface area contributed by atoms with E-state index in [4.69, 9.17) is 9.15 Å². The number of carbonyl (C=O) groups excluding carboxylic acids is 2. The molecule has 3 rings (SSSR count). The smallest absolute Gasteiger partial charge is 0.366 e. The Morgan fingerprint density at radius 1 is 1.12 bits per heavy atom. The van der Waals surface area contributed by atoms with E-state index in [0.29, 0.717) is 29.2 Å². The summed E-state index contributed by atoms with van der Waals surface area (Å²) in [7, 11) is 0. The summed E-state index contributed by atoms with van der Waals surface area (Å²) in [5.74, 6) is -0.0644. The van der Waals surface area contributed by atoms with Gasteiger partial charge < -0.3 is 14.5 Å². The average Bonchev–Trinajstić information content (AvgIpc) is 3.11. The van der Waals surface area contributed by atoms with E-state index in [1.54, 1.807) is 48.5 Å². The summed E-state index contributed by atoms with van der Waals surface area (Å²) < 4.78 is 10.4. The number of carbonyl (C=O) groups is 2. The monoisotopic (exact) mass is 336 g/mol. The zero-order chi connectivity index (χ0) is 17.6. The van der Waals surface area contributed by atoms with Crippen LogP contribution < -0.4 is 10.1 Å². The molecule has 2 aromatic carbocycles. The van der Waals surface area contributed by atoms with E-state index in [9.17, 15) is 9.59 Å². The van der Waals surface area contributed by atoms with Gasteiger partial charge in [-0.25, -0.2) is 9.78 Å². The summed E-state index contributed by atoms with van der Waals surface area (Å²) in [5.41, 5.74) is 1.22. The first-order chi connectivity index (χ1) is 12.2. The van der Waals surface area contributed by atoms with Crippen LogP contribution in [0.15, 0.2) is 65.4 Å². The number of esters is 1. The Kier molecular flexibility index (Phi) is 4.89. The Balaban J connectivity index is 1.71. The lowest BCUT2D eigenvalue weighted by Gasteiger charge is -2.08.